The maximum Gasteiger partial charge on any atom is 0.361 e. The molecule has 0 saturated heterocycles. The highest BCUT2D eigenvalue weighted by Gasteiger charge is 2.14. The Morgan fingerprint density at radius 1 is 1.16 bits per heavy atom. The van der Waals surface area contributed by atoms with Crippen LogP contribution in [0.25, 0.3) is 10.8 Å². The number of hydrogen-bond acceptors (Lipinski definition) is 5. The van der Waals surface area contributed by atoms with E-state index >= 15 is 0 Å². The normalized spacial score (nSPS) is 12.6. The Bertz CT molecular complexity index is 741. The summed E-state index contributed by atoms with van der Waals surface area (Å²) in [6.45, 7) is 0. The van der Waals surface area contributed by atoms with Gasteiger partial charge in [-0.15, -0.1) is 5.11 Å². The molecule has 0 aromatic heterocycles. The van der Waals surface area contributed by atoms with Gasteiger partial charge in [0, 0.05) is 12.4 Å². The molecule has 0 fully saturated rings. The molecule has 8 heteroatoms. The number of phenols is 1. The van der Waals surface area contributed by atoms with E-state index in [0.717, 1.165) is 12.4 Å². The van der Waals surface area contributed by atoms with E-state index in [9.17, 15) is 13.5 Å². The van der Waals surface area contributed by atoms with Crippen molar-refractivity contribution in [3.8, 4) is 5.75 Å². The van der Waals surface area contributed by atoms with Gasteiger partial charge in [0.2, 0.25) is 0 Å². The van der Waals surface area contributed by atoms with Gasteiger partial charge in [-0.25, -0.2) is 0 Å². The van der Waals surface area contributed by atoms with Gasteiger partial charge < -0.3 is 5.11 Å². The molecule has 0 aliphatic heterocycles. The van der Waals surface area contributed by atoms with Crippen molar-refractivity contribution in [3.63, 3.8) is 0 Å². The Morgan fingerprint density at radius 3 is 2.53 bits per heavy atom. The van der Waals surface area contributed by atoms with Gasteiger partial charge >= 0.3 is 10.2 Å². The van der Waals surface area contributed by atoms with Crippen molar-refractivity contribution in [2.45, 2.75) is 0 Å². The lowest BCUT2D eigenvalue weighted by molar-refractivity contribution is 0.0309. The fraction of sp³-hybridized carbons (Fsp3) is 0.0909. The third-order valence-electron chi connectivity index (χ3n) is 2.46. The van der Waals surface area contributed by atoms with Crippen molar-refractivity contribution < 1.29 is 18.7 Å². The van der Waals surface area contributed by atoms with E-state index in [4.69, 9.17) is 5.21 Å². The Morgan fingerprint density at radius 2 is 1.84 bits per heavy atom. The standard InChI is InChI=1S/C11H11N3O4S/c1-14(16)19(17,18)13-12-11-9-5-3-2-4-8(9)6-7-10(11)15/h2-7,15-16H,1H3. The largest absolute Gasteiger partial charge is 0.506 e. The molecular weight excluding hydrogens is 270 g/mol. The second kappa shape index (κ2) is 4.92. The van der Waals surface area contributed by atoms with Crippen LogP contribution in [0.2, 0.25) is 0 Å². The molecule has 7 nitrogen and oxygen atoms in total. The topological polar surface area (TPSA) is 103 Å². The second-order valence-electron chi connectivity index (χ2n) is 3.75. The summed E-state index contributed by atoms with van der Waals surface area (Å²) < 4.78 is 25.6. The van der Waals surface area contributed by atoms with E-state index in [1.54, 1.807) is 30.3 Å². The van der Waals surface area contributed by atoms with Crippen molar-refractivity contribution in [2.24, 2.45) is 9.63 Å². The molecule has 0 atom stereocenters. The summed E-state index contributed by atoms with van der Waals surface area (Å²) in [7, 11) is -3.33. The lowest BCUT2D eigenvalue weighted by Crippen LogP contribution is -2.19. The zero-order chi connectivity index (χ0) is 14.0. The van der Waals surface area contributed by atoms with E-state index in [1.807, 2.05) is 0 Å². The second-order valence-corrected chi connectivity index (χ2v) is 5.34. The number of benzene rings is 2. The number of nitrogens with zero attached hydrogens (tertiary/aromatic N) is 3. The Balaban J connectivity index is 2.57. The van der Waals surface area contributed by atoms with E-state index in [1.165, 1.54) is 6.07 Å². The maximum atomic E-state index is 11.3. The van der Waals surface area contributed by atoms with E-state index in [-0.39, 0.29) is 15.9 Å². The highest BCUT2D eigenvalue weighted by molar-refractivity contribution is 7.87. The first kappa shape index (κ1) is 13.4. The maximum absolute atomic E-state index is 11.3. The average molecular weight is 281 g/mol. The summed E-state index contributed by atoms with van der Waals surface area (Å²) in [6.07, 6.45) is 0. The zero-order valence-corrected chi connectivity index (χ0v) is 10.7. The number of hydrogen-bond donors (Lipinski definition) is 2. The molecule has 19 heavy (non-hydrogen) atoms. The summed E-state index contributed by atoms with van der Waals surface area (Å²) in [6, 6.07) is 10.1. The van der Waals surface area contributed by atoms with Crippen LogP contribution in [-0.4, -0.2) is 30.2 Å². The first-order valence-corrected chi connectivity index (χ1v) is 6.63. The van der Waals surface area contributed by atoms with Crippen molar-refractivity contribution >= 4 is 26.7 Å². The molecule has 2 rings (SSSR count). The SMILES string of the molecule is CN(O)S(=O)(=O)N=Nc1c(O)ccc2ccccc12. The van der Waals surface area contributed by atoms with Crippen LogP contribution in [-0.2, 0) is 10.2 Å². The minimum Gasteiger partial charge on any atom is -0.506 e. The van der Waals surface area contributed by atoms with Crippen molar-refractivity contribution in [3.05, 3.63) is 36.4 Å². The smallest absolute Gasteiger partial charge is 0.361 e. The molecule has 0 amide bonds. The van der Waals surface area contributed by atoms with Crippen molar-refractivity contribution in [1.82, 2.24) is 4.47 Å². The fourth-order valence-corrected chi connectivity index (χ4v) is 1.78. The molecule has 0 bridgehead atoms. The highest BCUT2D eigenvalue weighted by Crippen LogP contribution is 2.35. The molecule has 0 aliphatic rings. The molecule has 0 radical (unpaired) electrons. The number of hydroxylamine groups is 1. The van der Waals surface area contributed by atoms with Gasteiger partial charge in [0.1, 0.15) is 11.4 Å². The lowest BCUT2D eigenvalue weighted by atomic mass is 10.1. The number of rotatable bonds is 3. The summed E-state index contributed by atoms with van der Waals surface area (Å²) in [4.78, 5) is 0. The lowest BCUT2D eigenvalue weighted by Gasteiger charge is -2.05. The monoisotopic (exact) mass is 281 g/mol. The molecule has 0 unspecified atom stereocenters. The van der Waals surface area contributed by atoms with Crippen LogP contribution in [0.1, 0.15) is 0 Å². The fourth-order valence-electron chi connectivity index (χ4n) is 1.49. The van der Waals surface area contributed by atoms with Crippen LogP contribution in [0.5, 0.6) is 5.75 Å². The summed E-state index contributed by atoms with van der Waals surface area (Å²) in [5.41, 5.74) is 0.0310. The number of phenolic OH excluding ortho intramolecular Hbond substituents is 1. The molecular formula is C11H11N3O4S. The van der Waals surface area contributed by atoms with Crippen LogP contribution >= 0.6 is 0 Å². The predicted octanol–water partition coefficient (Wildman–Crippen LogP) is 2.19. The average Bonchev–Trinajstić information content (AvgIpc) is 2.37. The van der Waals surface area contributed by atoms with Gasteiger partial charge in [-0.1, -0.05) is 34.8 Å². The number of fused-ring (bicyclic) bond motifs is 1. The van der Waals surface area contributed by atoms with Gasteiger partial charge in [0.25, 0.3) is 0 Å². The Hall–Kier alpha value is -2.03. The van der Waals surface area contributed by atoms with E-state index < -0.39 is 10.2 Å². The van der Waals surface area contributed by atoms with Crippen LogP contribution in [0.4, 0.5) is 5.69 Å². The quantitative estimate of drug-likeness (QED) is 0.664. The third-order valence-corrected chi connectivity index (χ3v) is 3.41. The summed E-state index contributed by atoms with van der Waals surface area (Å²) in [5, 5.41) is 23.4. The van der Waals surface area contributed by atoms with Crippen molar-refractivity contribution in [1.29, 1.82) is 0 Å². The van der Waals surface area contributed by atoms with E-state index in [0.29, 0.717) is 5.39 Å². The predicted molar refractivity (Wildman–Crippen MR) is 68.6 cm³/mol. The van der Waals surface area contributed by atoms with Gasteiger partial charge in [0.05, 0.1) is 0 Å². The molecule has 0 saturated carbocycles. The minimum absolute atomic E-state index is 0.0310. The Kier molecular flexibility index (Phi) is 3.47. The van der Waals surface area contributed by atoms with Crippen LogP contribution in [0, 0.1) is 0 Å². The Labute approximate surface area is 109 Å². The van der Waals surface area contributed by atoms with Crippen molar-refractivity contribution in [2.75, 3.05) is 7.05 Å². The highest BCUT2D eigenvalue weighted by atomic mass is 32.2. The van der Waals surface area contributed by atoms with Crippen LogP contribution in [0.3, 0.4) is 0 Å². The third kappa shape index (κ3) is 2.70. The van der Waals surface area contributed by atoms with Gasteiger partial charge in [0.15, 0.2) is 0 Å². The van der Waals surface area contributed by atoms with Crippen LogP contribution in [0.15, 0.2) is 46.0 Å². The first-order chi connectivity index (χ1) is 8.92. The van der Waals surface area contributed by atoms with Gasteiger partial charge in [-0.2, -0.15) is 8.42 Å². The molecule has 0 spiro atoms. The molecule has 100 valence electrons. The molecule has 2 aromatic rings. The first-order valence-electron chi connectivity index (χ1n) is 5.23. The summed E-state index contributed by atoms with van der Waals surface area (Å²) >= 11 is 0. The van der Waals surface area contributed by atoms with Crippen LogP contribution < -0.4 is 0 Å². The van der Waals surface area contributed by atoms with E-state index in [2.05, 4.69) is 9.63 Å². The number of aromatic hydroxyl groups is 1. The molecule has 2 N–H and O–H groups in total. The van der Waals surface area contributed by atoms with Gasteiger partial charge in [-0.3, -0.25) is 5.21 Å². The summed E-state index contributed by atoms with van der Waals surface area (Å²) in [5.74, 6) is -0.196. The van der Waals surface area contributed by atoms with Gasteiger partial charge in [-0.05, 0) is 16.0 Å². The zero-order valence-electron chi connectivity index (χ0n) is 9.92. The molecule has 0 aliphatic carbocycles. The minimum atomic E-state index is -4.25. The molecule has 0 heterocycles. The molecule has 2 aromatic carbocycles.